The van der Waals surface area contributed by atoms with Crippen LogP contribution in [0.1, 0.15) is 5.56 Å². The van der Waals surface area contributed by atoms with Gasteiger partial charge in [0.05, 0.1) is 11.9 Å². The molecular weight excluding hydrogens is 306 g/mol. The number of rotatable bonds is 2. The zero-order chi connectivity index (χ0) is 16.7. The van der Waals surface area contributed by atoms with Gasteiger partial charge in [-0.05, 0) is 24.3 Å². The molecule has 1 aliphatic rings. The van der Waals surface area contributed by atoms with Crippen molar-refractivity contribution in [2.75, 3.05) is 12.5 Å². The third-order valence-electron chi connectivity index (χ3n) is 3.84. The maximum atomic E-state index is 9.42. The molecule has 0 radical (unpaired) electrons. The summed E-state index contributed by atoms with van der Waals surface area (Å²) in [5.41, 5.74) is 9.35. The van der Waals surface area contributed by atoms with E-state index in [-0.39, 0.29) is 12.6 Å². The fraction of sp³-hybridized carbons (Fsp3) is 0.118. The Morgan fingerprint density at radius 3 is 2.79 bits per heavy atom. The number of nitrogens with two attached hydrogens (primary N) is 1. The minimum Gasteiger partial charge on any atom is -0.454 e. The molecule has 1 aromatic carbocycles. The highest BCUT2D eigenvalue weighted by molar-refractivity contribution is 5.80. The lowest BCUT2D eigenvalue weighted by atomic mass is 10.0. The van der Waals surface area contributed by atoms with Gasteiger partial charge in [-0.1, -0.05) is 0 Å². The second-order valence-electron chi connectivity index (χ2n) is 5.40. The Hall–Kier alpha value is -3.53. The topological polar surface area (TPSA) is 99.0 Å². The van der Waals surface area contributed by atoms with E-state index in [9.17, 15) is 5.26 Å². The number of pyridine rings is 1. The number of nitrogens with zero attached hydrogens (tertiary/aromatic N) is 4. The Morgan fingerprint density at radius 2 is 2.04 bits per heavy atom. The van der Waals surface area contributed by atoms with Crippen molar-refractivity contribution < 1.29 is 9.47 Å². The number of anilines is 1. The molecule has 7 nitrogen and oxygen atoms in total. The van der Waals surface area contributed by atoms with Crippen molar-refractivity contribution in [2.24, 2.45) is 7.05 Å². The van der Waals surface area contributed by atoms with Gasteiger partial charge in [-0.25, -0.2) is 4.98 Å². The summed E-state index contributed by atoms with van der Waals surface area (Å²) in [4.78, 5) is 4.36. The average molecular weight is 319 g/mol. The lowest BCUT2D eigenvalue weighted by Gasteiger charge is -2.09. The Balaban J connectivity index is 1.88. The highest BCUT2D eigenvalue weighted by Crippen LogP contribution is 2.37. The van der Waals surface area contributed by atoms with Crippen LogP contribution in [0, 0.1) is 11.3 Å². The van der Waals surface area contributed by atoms with Crippen molar-refractivity contribution in [3.8, 4) is 40.0 Å². The molecule has 0 saturated heterocycles. The molecule has 0 atom stereocenters. The molecule has 0 amide bonds. The minimum atomic E-state index is 0.187. The van der Waals surface area contributed by atoms with E-state index in [2.05, 4.69) is 16.2 Å². The van der Waals surface area contributed by atoms with Gasteiger partial charge >= 0.3 is 0 Å². The number of nitriles is 1. The smallest absolute Gasteiger partial charge is 0.231 e. The third-order valence-corrected chi connectivity index (χ3v) is 3.84. The van der Waals surface area contributed by atoms with Crippen molar-refractivity contribution in [3.05, 3.63) is 42.2 Å². The molecule has 24 heavy (non-hydrogen) atoms. The summed E-state index contributed by atoms with van der Waals surface area (Å²) in [6.07, 6.45) is 3.53. The molecule has 2 N–H and O–H groups in total. The summed E-state index contributed by atoms with van der Waals surface area (Å²) in [5.74, 6) is 1.56. The lowest BCUT2D eigenvalue weighted by molar-refractivity contribution is 0.174. The van der Waals surface area contributed by atoms with Gasteiger partial charge in [-0.2, -0.15) is 10.4 Å². The van der Waals surface area contributed by atoms with Crippen LogP contribution in [0.5, 0.6) is 11.5 Å². The SMILES string of the molecule is Cn1cc(-c2cc(-c3ccc4c(c3)OCO4)nc(N)c2C#N)cn1. The van der Waals surface area contributed by atoms with Crippen LogP contribution in [-0.4, -0.2) is 21.6 Å². The van der Waals surface area contributed by atoms with E-state index in [4.69, 9.17) is 15.2 Å². The van der Waals surface area contributed by atoms with E-state index >= 15 is 0 Å². The van der Waals surface area contributed by atoms with Crippen LogP contribution in [-0.2, 0) is 7.05 Å². The molecule has 0 aliphatic carbocycles. The van der Waals surface area contributed by atoms with Gasteiger partial charge < -0.3 is 15.2 Å². The van der Waals surface area contributed by atoms with Crippen LogP contribution in [0.2, 0.25) is 0 Å². The Bertz CT molecular complexity index is 987. The molecule has 3 aromatic rings. The van der Waals surface area contributed by atoms with E-state index in [1.54, 1.807) is 10.9 Å². The molecule has 1 aliphatic heterocycles. The van der Waals surface area contributed by atoms with E-state index < -0.39 is 0 Å². The van der Waals surface area contributed by atoms with E-state index in [1.807, 2.05) is 37.5 Å². The van der Waals surface area contributed by atoms with Crippen molar-refractivity contribution in [1.82, 2.24) is 14.8 Å². The normalized spacial score (nSPS) is 12.2. The van der Waals surface area contributed by atoms with Crippen LogP contribution in [0.15, 0.2) is 36.7 Å². The van der Waals surface area contributed by atoms with Gasteiger partial charge in [0.15, 0.2) is 11.5 Å². The van der Waals surface area contributed by atoms with E-state index in [1.165, 1.54) is 0 Å². The molecule has 4 rings (SSSR count). The number of hydrogen-bond acceptors (Lipinski definition) is 6. The number of aromatic nitrogens is 3. The summed E-state index contributed by atoms with van der Waals surface area (Å²) >= 11 is 0. The molecular formula is C17H13N5O2. The predicted molar refractivity (Wildman–Crippen MR) is 87.1 cm³/mol. The molecule has 0 bridgehead atoms. The molecule has 0 saturated carbocycles. The summed E-state index contributed by atoms with van der Waals surface area (Å²) in [5, 5.41) is 13.6. The molecule has 7 heteroatoms. The van der Waals surface area contributed by atoms with Crippen LogP contribution in [0.4, 0.5) is 5.82 Å². The maximum Gasteiger partial charge on any atom is 0.231 e. The fourth-order valence-electron chi connectivity index (χ4n) is 2.67. The second kappa shape index (κ2) is 5.28. The third kappa shape index (κ3) is 2.21. The molecule has 0 unspecified atom stereocenters. The molecule has 2 aromatic heterocycles. The summed E-state index contributed by atoms with van der Waals surface area (Å²) in [6, 6.07) is 9.52. The number of nitrogen functional groups attached to an aromatic ring is 1. The second-order valence-corrected chi connectivity index (χ2v) is 5.40. The first-order valence-corrected chi connectivity index (χ1v) is 7.25. The Labute approximate surface area is 137 Å². The van der Waals surface area contributed by atoms with Crippen molar-refractivity contribution in [3.63, 3.8) is 0 Å². The van der Waals surface area contributed by atoms with E-state index in [0.29, 0.717) is 28.3 Å². The highest BCUT2D eigenvalue weighted by Gasteiger charge is 2.17. The van der Waals surface area contributed by atoms with Crippen LogP contribution in [0.3, 0.4) is 0 Å². The van der Waals surface area contributed by atoms with Crippen LogP contribution >= 0.6 is 0 Å². The number of hydrogen-bond donors (Lipinski definition) is 1. The van der Waals surface area contributed by atoms with Crippen LogP contribution in [0.25, 0.3) is 22.4 Å². The first-order chi connectivity index (χ1) is 11.7. The van der Waals surface area contributed by atoms with Gasteiger partial charge in [0.25, 0.3) is 0 Å². The maximum absolute atomic E-state index is 9.42. The number of fused-ring (bicyclic) bond motifs is 1. The standard InChI is InChI=1S/C17H13N5O2/c1-22-8-11(7-20-22)12-5-14(21-17(19)13(12)6-18)10-2-3-15-16(4-10)24-9-23-15/h2-5,7-8H,9H2,1H3,(H2,19,21). The molecule has 118 valence electrons. The van der Waals surface area contributed by atoms with Crippen molar-refractivity contribution >= 4 is 5.82 Å². The Morgan fingerprint density at radius 1 is 1.21 bits per heavy atom. The fourth-order valence-corrected chi connectivity index (χ4v) is 2.67. The van der Waals surface area contributed by atoms with Crippen molar-refractivity contribution in [2.45, 2.75) is 0 Å². The predicted octanol–water partition coefficient (Wildman–Crippen LogP) is 2.33. The monoisotopic (exact) mass is 319 g/mol. The molecule has 0 fully saturated rings. The zero-order valence-electron chi connectivity index (χ0n) is 12.9. The van der Waals surface area contributed by atoms with Gasteiger partial charge in [0.2, 0.25) is 6.79 Å². The minimum absolute atomic E-state index is 0.187. The van der Waals surface area contributed by atoms with E-state index in [0.717, 1.165) is 11.1 Å². The van der Waals surface area contributed by atoms with Gasteiger partial charge in [0, 0.05) is 29.9 Å². The zero-order valence-corrected chi connectivity index (χ0v) is 12.9. The summed E-state index contributed by atoms with van der Waals surface area (Å²) in [7, 11) is 1.82. The number of ether oxygens (including phenoxy) is 2. The molecule has 3 heterocycles. The average Bonchev–Trinajstić information content (AvgIpc) is 3.21. The van der Waals surface area contributed by atoms with Crippen molar-refractivity contribution in [1.29, 1.82) is 5.26 Å². The first-order valence-electron chi connectivity index (χ1n) is 7.25. The summed E-state index contributed by atoms with van der Waals surface area (Å²) in [6.45, 7) is 0.211. The van der Waals surface area contributed by atoms with Gasteiger partial charge in [0.1, 0.15) is 17.5 Å². The van der Waals surface area contributed by atoms with Crippen LogP contribution < -0.4 is 15.2 Å². The molecule has 0 spiro atoms. The van der Waals surface area contributed by atoms with Gasteiger partial charge in [-0.3, -0.25) is 4.68 Å². The highest BCUT2D eigenvalue weighted by atomic mass is 16.7. The first kappa shape index (κ1) is 14.1. The number of aryl methyl sites for hydroxylation is 1. The summed E-state index contributed by atoms with van der Waals surface area (Å²) < 4.78 is 12.4. The van der Waals surface area contributed by atoms with Gasteiger partial charge in [-0.15, -0.1) is 0 Å². The quantitative estimate of drug-likeness (QED) is 0.778. The largest absolute Gasteiger partial charge is 0.454 e. The number of benzene rings is 1. The Kier molecular flexibility index (Phi) is 3.10. The lowest BCUT2D eigenvalue weighted by Crippen LogP contribution is -1.99.